The Kier molecular flexibility index (Phi) is 3.02. The van der Waals surface area contributed by atoms with E-state index in [0.29, 0.717) is 17.9 Å². The van der Waals surface area contributed by atoms with Gasteiger partial charge in [-0.05, 0) is 24.8 Å². The Bertz CT molecular complexity index is 307. The molecule has 2 unspecified atom stereocenters. The molecule has 1 rings (SSSR count). The second-order valence-corrected chi connectivity index (χ2v) is 3.49. The van der Waals surface area contributed by atoms with E-state index in [1.807, 2.05) is 26.0 Å². The Balaban J connectivity index is 2.87. The lowest BCUT2D eigenvalue weighted by atomic mass is 9.80. The Morgan fingerprint density at radius 2 is 2.38 bits per heavy atom. The molecule has 0 fully saturated rings. The Morgan fingerprint density at radius 1 is 1.69 bits per heavy atom. The van der Waals surface area contributed by atoms with Gasteiger partial charge in [0.1, 0.15) is 6.29 Å². The number of allylic oxidation sites excluding steroid dienone is 4. The van der Waals surface area contributed by atoms with E-state index in [9.17, 15) is 4.79 Å². The van der Waals surface area contributed by atoms with Crippen LogP contribution >= 0.6 is 0 Å². The summed E-state index contributed by atoms with van der Waals surface area (Å²) in [5, 5.41) is 8.71. The number of hydrogen-bond acceptors (Lipinski definition) is 2. The molecule has 0 saturated carbocycles. The van der Waals surface area contributed by atoms with Crippen LogP contribution < -0.4 is 0 Å². The Morgan fingerprint density at radius 3 is 2.85 bits per heavy atom. The van der Waals surface area contributed by atoms with Crippen molar-refractivity contribution < 1.29 is 4.79 Å². The lowest BCUT2D eigenvalue weighted by Gasteiger charge is -2.24. The van der Waals surface area contributed by atoms with Gasteiger partial charge in [-0.3, -0.25) is 0 Å². The molecule has 0 aromatic carbocycles. The molecule has 2 heteroatoms. The number of aldehydes is 1. The van der Waals surface area contributed by atoms with Crippen LogP contribution in [0.2, 0.25) is 0 Å². The van der Waals surface area contributed by atoms with E-state index in [-0.39, 0.29) is 5.92 Å². The molecule has 68 valence electrons. The molecule has 0 spiro atoms. The summed E-state index contributed by atoms with van der Waals surface area (Å²) >= 11 is 0. The summed E-state index contributed by atoms with van der Waals surface area (Å²) in [5.74, 6) is 0.583. The van der Waals surface area contributed by atoms with Gasteiger partial charge in [-0.1, -0.05) is 18.6 Å². The fourth-order valence-electron chi connectivity index (χ4n) is 1.79. The molecule has 1 aliphatic carbocycles. The predicted molar refractivity (Wildman–Crippen MR) is 50.8 cm³/mol. The molecule has 0 radical (unpaired) electrons. The van der Waals surface area contributed by atoms with Gasteiger partial charge in [0.05, 0.1) is 6.07 Å². The highest BCUT2D eigenvalue weighted by Crippen LogP contribution is 2.30. The van der Waals surface area contributed by atoms with E-state index in [1.54, 1.807) is 0 Å². The smallest absolute Gasteiger partial charge is 0.120 e. The molecular formula is C11H13NO. The second kappa shape index (κ2) is 4.04. The molecule has 0 N–H and O–H groups in total. The van der Waals surface area contributed by atoms with Crippen LogP contribution in [0, 0.1) is 23.2 Å². The molecule has 2 nitrogen and oxygen atoms in total. The van der Waals surface area contributed by atoms with Crippen LogP contribution in [0.25, 0.3) is 0 Å². The van der Waals surface area contributed by atoms with Crippen molar-refractivity contribution in [1.29, 1.82) is 5.26 Å². The average molecular weight is 175 g/mol. The van der Waals surface area contributed by atoms with Gasteiger partial charge in [0.25, 0.3) is 0 Å². The van der Waals surface area contributed by atoms with Crippen molar-refractivity contribution in [3.63, 3.8) is 0 Å². The zero-order valence-electron chi connectivity index (χ0n) is 7.95. The maximum Gasteiger partial charge on any atom is 0.120 e. The highest BCUT2D eigenvalue weighted by Gasteiger charge is 2.20. The van der Waals surface area contributed by atoms with Crippen molar-refractivity contribution in [1.82, 2.24) is 0 Å². The molecule has 0 aliphatic heterocycles. The van der Waals surface area contributed by atoms with Crippen LogP contribution in [-0.4, -0.2) is 6.29 Å². The monoisotopic (exact) mass is 175 g/mol. The molecular weight excluding hydrogens is 162 g/mol. The summed E-state index contributed by atoms with van der Waals surface area (Å²) in [4.78, 5) is 10.4. The SMILES string of the molecule is CC1=CC(C#N)=CC(C)C1CC=O. The van der Waals surface area contributed by atoms with Gasteiger partial charge in [-0.25, -0.2) is 0 Å². The molecule has 0 heterocycles. The molecule has 0 saturated heterocycles. The van der Waals surface area contributed by atoms with Crippen LogP contribution in [-0.2, 0) is 4.79 Å². The lowest BCUT2D eigenvalue weighted by Crippen LogP contribution is -2.15. The summed E-state index contributed by atoms with van der Waals surface area (Å²) in [6.07, 6.45) is 5.30. The van der Waals surface area contributed by atoms with Crippen LogP contribution in [0.1, 0.15) is 20.3 Å². The first-order valence-electron chi connectivity index (χ1n) is 4.42. The van der Waals surface area contributed by atoms with Gasteiger partial charge >= 0.3 is 0 Å². The molecule has 0 aromatic rings. The molecule has 0 amide bonds. The van der Waals surface area contributed by atoms with Crippen molar-refractivity contribution in [2.45, 2.75) is 20.3 Å². The first-order chi connectivity index (χ1) is 6.19. The number of nitriles is 1. The minimum absolute atomic E-state index is 0.287. The molecule has 0 aromatic heterocycles. The first kappa shape index (κ1) is 9.73. The summed E-state index contributed by atoms with van der Waals surface area (Å²) in [6, 6.07) is 2.12. The van der Waals surface area contributed by atoms with Crippen LogP contribution in [0.15, 0.2) is 23.3 Å². The van der Waals surface area contributed by atoms with Gasteiger partial charge in [0.15, 0.2) is 0 Å². The summed E-state index contributed by atoms with van der Waals surface area (Å²) in [5.41, 5.74) is 1.85. The van der Waals surface area contributed by atoms with E-state index < -0.39 is 0 Å². The number of carbonyl (C=O) groups is 1. The van der Waals surface area contributed by atoms with Crippen molar-refractivity contribution in [3.05, 3.63) is 23.3 Å². The fourth-order valence-corrected chi connectivity index (χ4v) is 1.79. The topological polar surface area (TPSA) is 40.9 Å². The van der Waals surface area contributed by atoms with Crippen LogP contribution in [0.4, 0.5) is 0 Å². The Labute approximate surface area is 78.6 Å². The normalized spacial score (nSPS) is 27.2. The van der Waals surface area contributed by atoms with Gasteiger partial charge in [-0.15, -0.1) is 0 Å². The van der Waals surface area contributed by atoms with Crippen molar-refractivity contribution in [2.24, 2.45) is 11.8 Å². The van der Waals surface area contributed by atoms with E-state index in [2.05, 4.69) is 6.07 Å². The molecule has 2 atom stereocenters. The van der Waals surface area contributed by atoms with Crippen LogP contribution in [0.5, 0.6) is 0 Å². The van der Waals surface area contributed by atoms with E-state index in [0.717, 1.165) is 11.9 Å². The van der Waals surface area contributed by atoms with E-state index >= 15 is 0 Å². The largest absolute Gasteiger partial charge is 0.303 e. The summed E-state index contributed by atoms with van der Waals surface area (Å²) in [6.45, 7) is 4.02. The van der Waals surface area contributed by atoms with Crippen LogP contribution in [0.3, 0.4) is 0 Å². The van der Waals surface area contributed by atoms with Crippen molar-refractivity contribution in [2.75, 3.05) is 0 Å². The first-order valence-corrected chi connectivity index (χ1v) is 4.42. The molecule has 0 bridgehead atoms. The molecule has 1 aliphatic rings. The van der Waals surface area contributed by atoms with E-state index in [4.69, 9.17) is 5.26 Å². The minimum atomic E-state index is 0.287. The van der Waals surface area contributed by atoms with Gasteiger partial charge in [0.2, 0.25) is 0 Å². The Hall–Kier alpha value is -1.36. The standard InChI is InChI=1S/C11H13NO/c1-8-5-10(7-12)6-9(2)11(8)3-4-13/h4-6,8,11H,3H2,1-2H3. The van der Waals surface area contributed by atoms with Crippen molar-refractivity contribution >= 4 is 6.29 Å². The third kappa shape index (κ3) is 2.06. The van der Waals surface area contributed by atoms with Gasteiger partial charge < -0.3 is 4.79 Å². The molecule has 13 heavy (non-hydrogen) atoms. The summed E-state index contributed by atoms with van der Waals surface area (Å²) in [7, 11) is 0. The zero-order chi connectivity index (χ0) is 9.84. The average Bonchev–Trinajstić information content (AvgIpc) is 2.11. The number of nitrogens with zero attached hydrogens (tertiary/aromatic N) is 1. The number of rotatable bonds is 2. The number of carbonyl (C=O) groups excluding carboxylic acids is 1. The lowest BCUT2D eigenvalue weighted by molar-refractivity contribution is -0.108. The third-order valence-electron chi connectivity index (χ3n) is 2.52. The van der Waals surface area contributed by atoms with Gasteiger partial charge in [0, 0.05) is 12.0 Å². The maximum absolute atomic E-state index is 10.4. The predicted octanol–water partition coefficient (Wildman–Crippen LogP) is 2.24. The van der Waals surface area contributed by atoms with Crippen molar-refractivity contribution in [3.8, 4) is 6.07 Å². The highest BCUT2D eigenvalue weighted by molar-refractivity contribution is 5.52. The fraction of sp³-hybridized carbons (Fsp3) is 0.455. The van der Waals surface area contributed by atoms with E-state index in [1.165, 1.54) is 0 Å². The third-order valence-corrected chi connectivity index (χ3v) is 2.52. The highest BCUT2D eigenvalue weighted by atomic mass is 16.1. The van der Waals surface area contributed by atoms with Gasteiger partial charge in [-0.2, -0.15) is 5.26 Å². The quantitative estimate of drug-likeness (QED) is 0.604. The maximum atomic E-state index is 10.4. The minimum Gasteiger partial charge on any atom is -0.303 e. The summed E-state index contributed by atoms with van der Waals surface area (Å²) < 4.78 is 0. The number of hydrogen-bond donors (Lipinski definition) is 0. The zero-order valence-corrected chi connectivity index (χ0v) is 7.95. The second-order valence-electron chi connectivity index (χ2n) is 3.49.